The zero-order valence-corrected chi connectivity index (χ0v) is 20.2. The lowest BCUT2D eigenvalue weighted by Gasteiger charge is -2.29. The van der Waals surface area contributed by atoms with Crippen LogP contribution >= 0.6 is 0 Å². The van der Waals surface area contributed by atoms with Crippen molar-refractivity contribution in [3.8, 4) is 5.75 Å². The molecule has 0 aliphatic heterocycles. The third-order valence-electron chi connectivity index (χ3n) is 6.05. The number of hydrogen-bond donors (Lipinski definition) is 2. The number of nitro benzene ring substituents is 3. The fourth-order valence-corrected chi connectivity index (χ4v) is 4.22. The van der Waals surface area contributed by atoms with Crippen LogP contribution in [0.2, 0.25) is 0 Å². The zero-order chi connectivity index (χ0) is 27.0. The Morgan fingerprint density at radius 3 is 2.06 bits per heavy atom. The summed E-state index contributed by atoms with van der Waals surface area (Å²) >= 11 is 0. The third kappa shape index (κ3) is 6.50. The van der Waals surface area contributed by atoms with Gasteiger partial charge in [0, 0.05) is 0 Å². The molecule has 0 bridgehead atoms. The molecule has 1 aliphatic carbocycles. The predicted molar refractivity (Wildman–Crippen MR) is 131 cm³/mol. The summed E-state index contributed by atoms with van der Waals surface area (Å²) in [5, 5.41) is 43.5. The highest BCUT2D eigenvalue weighted by atomic mass is 16.6. The number of rotatable bonds is 9. The normalized spacial score (nSPS) is 14.8. The summed E-state index contributed by atoms with van der Waals surface area (Å²) in [6.45, 7) is 8.16. The van der Waals surface area contributed by atoms with Crippen LogP contribution in [0.3, 0.4) is 0 Å². The van der Waals surface area contributed by atoms with E-state index in [-0.39, 0.29) is 18.0 Å². The molecule has 0 heterocycles. The van der Waals surface area contributed by atoms with Gasteiger partial charge in [-0.25, -0.2) is 0 Å². The Kier molecular flexibility index (Phi) is 9.79. The third-order valence-corrected chi connectivity index (χ3v) is 6.05. The molecule has 13 heteroatoms. The number of benzene rings is 2. The summed E-state index contributed by atoms with van der Waals surface area (Å²) < 4.78 is 0. The Morgan fingerprint density at radius 2 is 1.58 bits per heavy atom. The minimum absolute atomic E-state index is 0.00207. The highest BCUT2D eigenvalue weighted by molar-refractivity contribution is 5.82. The van der Waals surface area contributed by atoms with Crippen molar-refractivity contribution in [2.24, 2.45) is 0 Å². The number of nitrogens with one attached hydrogen (secondary N) is 1. The SMILES string of the molecule is CCC(C(=O)NC1CCc2ccccc21)N(CC)CC.O=[N+]([O-])c1cc([N+](=O)[O-])c(O)c([N+](=O)[O-])c1. The van der Waals surface area contributed by atoms with Gasteiger partial charge in [0.05, 0.1) is 39.0 Å². The number of aryl methyl sites for hydroxylation is 1. The number of phenolic OH excluding ortho intramolecular Hbond substituents is 1. The van der Waals surface area contributed by atoms with Crippen molar-refractivity contribution in [1.82, 2.24) is 10.2 Å². The van der Waals surface area contributed by atoms with Crippen LogP contribution in [0.5, 0.6) is 5.75 Å². The van der Waals surface area contributed by atoms with Crippen molar-refractivity contribution in [2.75, 3.05) is 13.1 Å². The van der Waals surface area contributed by atoms with E-state index in [4.69, 9.17) is 5.11 Å². The van der Waals surface area contributed by atoms with Gasteiger partial charge in [-0.2, -0.15) is 0 Å². The summed E-state index contributed by atoms with van der Waals surface area (Å²) in [7, 11) is 0. The van der Waals surface area contributed by atoms with Crippen molar-refractivity contribution in [3.63, 3.8) is 0 Å². The van der Waals surface area contributed by atoms with Crippen LogP contribution in [-0.4, -0.2) is 49.8 Å². The van der Waals surface area contributed by atoms with Crippen LogP contribution in [0.15, 0.2) is 36.4 Å². The topological polar surface area (TPSA) is 182 Å². The Labute approximate surface area is 207 Å². The van der Waals surface area contributed by atoms with Gasteiger partial charge in [-0.15, -0.1) is 0 Å². The van der Waals surface area contributed by atoms with Crippen LogP contribution in [-0.2, 0) is 11.2 Å². The van der Waals surface area contributed by atoms with Crippen molar-refractivity contribution in [3.05, 3.63) is 77.9 Å². The number of hydrogen-bond acceptors (Lipinski definition) is 9. The molecule has 1 aliphatic rings. The molecule has 13 nitrogen and oxygen atoms in total. The second kappa shape index (κ2) is 12.5. The second-order valence-corrected chi connectivity index (χ2v) is 8.05. The van der Waals surface area contributed by atoms with E-state index >= 15 is 0 Å². The van der Waals surface area contributed by atoms with Gasteiger partial charge >= 0.3 is 11.4 Å². The van der Waals surface area contributed by atoms with E-state index in [2.05, 4.69) is 55.3 Å². The fraction of sp³-hybridized carbons (Fsp3) is 0.435. The number of aromatic hydroxyl groups is 1. The minimum atomic E-state index is -1.21. The Bertz CT molecular complexity index is 1100. The highest BCUT2D eigenvalue weighted by Gasteiger charge is 2.30. The molecule has 2 atom stereocenters. The average Bonchev–Trinajstić information content (AvgIpc) is 3.25. The van der Waals surface area contributed by atoms with Crippen LogP contribution in [0.4, 0.5) is 17.1 Å². The molecule has 0 radical (unpaired) electrons. The standard InChI is InChI=1S/C17H26N2O.C6H3N3O7/c1-4-16(19(5-2)6-3)17(20)18-15-12-11-13-9-7-8-10-14(13)15;10-6-4(8(13)14)1-3(7(11)12)2-5(6)9(15)16/h7-10,15-16H,4-6,11-12H2,1-3H3,(H,18,20);1-2,10H. The van der Waals surface area contributed by atoms with Crippen LogP contribution in [0.25, 0.3) is 0 Å². The van der Waals surface area contributed by atoms with E-state index in [9.17, 15) is 35.1 Å². The lowest BCUT2D eigenvalue weighted by atomic mass is 10.1. The molecular formula is C23H29N5O8. The molecule has 36 heavy (non-hydrogen) atoms. The van der Waals surface area contributed by atoms with Crippen LogP contribution in [0, 0.1) is 30.3 Å². The first kappa shape index (κ1) is 28.1. The fourth-order valence-electron chi connectivity index (χ4n) is 4.22. The number of phenols is 1. The summed E-state index contributed by atoms with van der Waals surface area (Å²) in [5.41, 5.74) is -0.318. The van der Waals surface area contributed by atoms with Gasteiger partial charge in [-0.1, -0.05) is 45.0 Å². The van der Waals surface area contributed by atoms with Crippen molar-refractivity contribution in [1.29, 1.82) is 0 Å². The molecule has 0 aromatic heterocycles. The number of nitrogens with zero attached hydrogens (tertiary/aromatic N) is 4. The number of amides is 1. The van der Waals surface area contributed by atoms with Crippen molar-refractivity contribution in [2.45, 2.75) is 52.1 Å². The second-order valence-electron chi connectivity index (χ2n) is 8.05. The maximum atomic E-state index is 12.5. The van der Waals surface area contributed by atoms with Gasteiger partial charge in [0.2, 0.25) is 5.91 Å². The first-order valence-corrected chi connectivity index (χ1v) is 11.5. The summed E-state index contributed by atoms with van der Waals surface area (Å²) in [5.74, 6) is -1.03. The molecule has 0 spiro atoms. The molecule has 194 valence electrons. The largest absolute Gasteiger partial charge is 0.497 e. The highest BCUT2D eigenvalue weighted by Crippen LogP contribution is 2.39. The molecule has 2 N–H and O–H groups in total. The molecule has 2 unspecified atom stereocenters. The quantitative estimate of drug-likeness (QED) is 0.377. The summed E-state index contributed by atoms with van der Waals surface area (Å²) in [6.07, 6.45) is 2.96. The monoisotopic (exact) mass is 503 g/mol. The Morgan fingerprint density at radius 1 is 1.03 bits per heavy atom. The average molecular weight is 504 g/mol. The molecule has 0 fully saturated rings. The van der Waals surface area contributed by atoms with Crippen molar-refractivity contribution >= 4 is 23.0 Å². The van der Waals surface area contributed by atoms with Crippen molar-refractivity contribution < 1.29 is 24.7 Å². The van der Waals surface area contributed by atoms with E-state index in [0.717, 1.165) is 32.4 Å². The lowest BCUT2D eigenvalue weighted by Crippen LogP contribution is -2.47. The smallest absolute Gasteiger partial charge is 0.324 e. The van der Waals surface area contributed by atoms with Gasteiger partial charge in [-0.3, -0.25) is 40.0 Å². The number of likely N-dealkylation sites (N-methyl/N-ethyl adjacent to an activating group) is 1. The lowest BCUT2D eigenvalue weighted by molar-refractivity contribution is -0.404. The van der Waals surface area contributed by atoms with Gasteiger partial charge in [0.25, 0.3) is 11.4 Å². The Balaban J connectivity index is 0.000000261. The molecule has 1 amide bonds. The number of nitro groups is 3. The van der Waals surface area contributed by atoms with Gasteiger partial charge in [0.1, 0.15) is 0 Å². The first-order chi connectivity index (χ1) is 17.0. The van der Waals surface area contributed by atoms with Gasteiger partial charge in [-0.05, 0) is 43.5 Å². The maximum absolute atomic E-state index is 12.5. The summed E-state index contributed by atoms with van der Waals surface area (Å²) in [6, 6.07) is 9.54. The van der Waals surface area contributed by atoms with Gasteiger partial charge < -0.3 is 10.4 Å². The number of fused-ring (bicyclic) bond motifs is 1. The Hall–Kier alpha value is -4.13. The number of carbonyl (C=O) groups excluding carboxylic acids is 1. The van der Waals surface area contributed by atoms with E-state index in [1.165, 1.54) is 11.1 Å². The first-order valence-electron chi connectivity index (χ1n) is 11.5. The maximum Gasteiger partial charge on any atom is 0.324 e. The van der Waals surface area contributed by atoms with Crippen LogP contribution in [0.1, 0.15) is 50.8 Å². The van der Waals surface area contributed by atoms with E-state index in [1.54, 1.807) is 0 Å². The van der Waals surface area contributed by atoms with Crippen LogP contribution < -0.4 is 5.32 Å². The van der Waals surface area contributed by atoms with Gasteiger partial charge in [0.15, 0.2) is 0 Å². The van der Waals surface area contributed by atoms with E-state index in [1.807, 2.05) is 0 Å². The number of non-ortho nitro benzene ring substituents is 1. The minimum Gasteiger partial charge on any atom is -0.497 e. The zero-order valence-electron chi connectivity index (χ0n) is 20.2. The predicted octanol–water partition coefficient (Wildman–Crippen LogP) is 4.03. The molecule has 0 saturated carbocycles. The molecular weight excluding hydrogens is 474 g/mol. The van der Waals surface area contributed by atoms with E-state index in [0.29, 0.717) is 12.1 Å². The molecule has 2 aromatic carbocycles. The van der Waals surface area contributed by atoms with E-state index < -0.39 is 37.6 Å². The molecule has 2 aromatic rings. The summed E-state index contributed by atoms with van der Waals surface area (Å²) in [4.78, 5) is 42.5. The molecule has 3 rings (SSSR count). The molecule has 0 saturated heterocycles. The number of carbonyl (C=O) groups is 1.